The Morgan fingerprint density at radius 1 is 1.10 bits per heavy atom. The van der Waals surface area contributed by atoms with Crippen LogP contribution in [-0.4, -0.2) is 48.2 Å². The van der Waals surface area contributed by atoms with E-state index in [-0.39, 0.29) is 30.2 Å². The molecule has 2 aliphatic carbocycles. The number of hydrogen-bond acceptors (Lipinski definition) is 9. The largest absolute Gasteiger partial charge is 0.508 e. The third-order valence-electron chi connectivity index (χ3n) is 9.13. The Morgan fingerprint density at radius 3 is 2.63 bits per heavy atom. The van der Waals surface area contributed by atoms with Gasteiger partial charge in [0.1, 0.15) is 17.0 Å². The molecule has 0 radical (unpaired) electrons. The van der Waals surface area contributed by atoms with Crippen LogP contribution < -0.4 is 16.7 Å². The molecule has 5 aromatic rings. The Bertz CT molecular complexity index is 2250. The molecule has 3 heterocycles. The molecule has 2 bridgehead atoms. The van der Waals surface area contributed by atoms with Crippen molar-refractivity contribution < 1.29 is 37.4 Å². The van der Waals surface area contributed by atoms with Crippen molar-refractivity contribution in [2.24, 2.45) is 5.92 Å². The molecule has 2 aliphatic rings. The zero-order valence-electron chi connectivity index (χ0n) is 27.6. The van der Waals surface area contributed by atoms with E-state index in [2.05, 4.69) is 21.7 Å². The quantitative estimate of drug-likeness (QED) is 0.0769. The first-order valence-corrected chi connectivity index (χ1v) is 16.9. The summed E-state index contributed by atoms with van der Waals surface area (Å²) in [4.78, 5) is 38.4. The first kappa shape index (κ1) is 36.4. The molecule has 2 atom stereocenters. The van der Waals surface area contributed by atoms with Gasteiger partial charge in [0.25, 0.3) is 0 Å². The van der Waals surface area contributed by atoms with E-state index in [1.54, 1.807) is 6.07 Å². The number of carbonyl (C=O) groups is 2. The van der Waals surface area contributed by atoms with E-state index in [0.29, 0.717) is 33.5 Å². The highest BCUT2D eigenvalue weighted by molar-refractivity contribution is 6.31. The van der Waals surface area contributed by atoms with Crippen molar-refractivity contribution in [3.8, 4) is 5.75 Å². The number of unbranched alkanes of at least 4 members (excludes halogenated alkanes) is 1. The number of halogens is 4. The maximum absolute atomic E-state index is 12.6. The molecule has 52 heavy (non-hydrogen) atoms. The van der Waals surface area contributed by atoms with E-state index in [9.17, 15) is 27.9 Å². The van der Waals surface area contributed by atoms with E-state index in [1.807, 2.05) is 29.1 Å². The first-order chi connectivity index (χ1) is 24.7. The number of nitrogens with zero attached hydrogens (tertiary/aromatic N) is 4. The minimum Gasteiger partial charge on any atom is -0.508 e. The molecule has 2 aromatic carbocycles. The molecule has 0 fully saturated rings. The smallest absolute Gasteiger partial charge is 0.490 e. The van der Waals surface area contributed by atoms with Gasteiger partial charge in [-0.2, -0.15) is 13.2 Å². The zero-order valence-corrected chi connectivity index (χ0v) is 28.4. The molecule has 0 saturated carbocycles. The number of carboxylic acids is 1. The Balaban J connectivity index is 0.000000604. The Labute approximate surface area is 299 Å². The average Bonchev–Trinajstić information content (AvgIpc) is 3.52. The van der Waals surface area contributed by atoms with Crippen LogP contribution in [0.4, 0.5) is 18.9 Å². The van der Waals surface area contributed by atoms with Crippen LogP contribution in [0.3, 0.4) is 0 Å². The number of carboxylic acid groups (broad SMARTS) is 1. The minimum atomic E-state index is -5.08. The molecule has 0 aliphatic heterocycles. The van der Waals surface area contributed by atoms with E-state index in [0.717, 1.165) is 67.4 Å². The summed E-state index contributed by atoms with van der Waals surface area (Å²) in [5.41, 5.74) is 13.1. The number of amides is 1. The number of aromatic nitrogens is 4. The Hall–Kier alpha value is -5.44. The number of anilines is 1. The van der Waals surface area contributed by atoms with Crippen LogP contribution in [0.15, 0.2) is 69.5 Å². The molecular formula is C36H34ClF3N6O6. The van der Waals surface area contributed by atoms with Crippen molar-refractivity contribution in [3.63, 3.8) is 0 Å². The molecular weight excluding hydrogens is 705 g/mol. The van der Waals surface area contributed by atoms with Gasteiger partial charge < -0.3 is 25.7 Å². The molecule has 3 aromatic heterocycles. The van der Waals surface area contributed by atoms with E-state index >= 15 is 0 Å². The lowest BCUT2D eigenvalue weighted by molar-refractivity contribution is -0.192. The highest BCUT2D eigenvalue weighted by Gasteiger charge is 2.38. The molecule has 12 nitrogen and oxygen atoms in total. The van der Waals surface area contributed by atoms with E-state index in [4.69, 9.17) is 36.6 Å². The van der Waals surface area contributed by atoms with Crippen molar-refractivity contribution in [3.05, 3.63) is 98.3 Å². The number of pyridine rings is 1. The number of fused-ring (bicyclic) bond motifs is 6. The van der Waals surface area contributed by atoms with Gasteiger partial charge in [0.05, 0.1) is 24.7 Å². The summed E-state index contributed by atoms with van der Waals surface area (Å²) >= 11 is 6.21. The second-order valence-electron chi connectivity index (χ2n) is 12.9. The van der Waals surface area contributed by atoms with Crippen molar-refractivity contribution in [1.82, 2.24) is 25.3 Å². The van der Waals surface area contributed by atoms with Gasteiger partial charge in [0, 0.05) is 51.4 Å². The van der Waals surface area contributed by atoms with Crippen LogP contribution in [0.5, 0.6) is 5.75 Å². The molecule has 0 spiro atoms. The fraction of sp³-hybridized carbons (Fsp3) is 0.333. The lowest BCUT2D eigenvalue weighted by Crippen LogP contribution is -2.25. The van der Waals surface area contributed by atoms with E-state index in [1.165, 1.54) is 29.3 Å². The van der Waals surface area contributed by atoms with Gasteiger partial charge in [-0.25, -0.2) is 9.59 Å². The summed E-state index contributed by atoms with van der Waals surface area (Å²) in [6.45, 7) is 0.977. The van der Waals surface area contributed by atoms with Crippen molar-refractivity contribution in [2.45, 2.75) is 70.1 Å². The number of nitrogens with one attached hydrogen (secondary N) is 1. The maximum atomic E-state index is 12.6. The fourth-order valence-electron chi connectivity index (χ4n) is 6.92. The number of alkyl halides is 3. The second kappa shape index (κ2) is 15.0. The Morgan fingerprint density at radius 2 is 1.87 bits per heavy atom. The minimum absolute atomic E-state index is 0.00126. The number of hydrogen-bond donors (Lipinski definition) is 4. The van der Waals surface area contributed by atoms with Gasteiger partial charge in [-0.05, 0) is 86.3 Å². The molecule has 16 heteroatoms. The standard InChI is InChI=1S/C34H33ClN6O4.C2HF3O2/c35-23-4-6-27-28(15-23)38-29-12-20-9-19(10-22(11-20)33(29)34(27)36)3-1-2-8-41-18-24(39-40-41)17-37-31(43)13-21-14-32(44)45-30-16-25(42)5-7-26(21)30;3-2(4,5)1(6)7/h4-7,9,14-16,18,20,22,42H,1-3,8,10-13,17H2,(H2,36,38)(H,37,43);(H,6,7). The molecule has 7 rings (SSSR count). The topological polar surface area (TPSA) is 186 Å². The van der Waals surface area contributed by atoms with Crippen molar-refractivity contribution in [1.29, 1.82) is 0 Å². The third-order valence-corrected chi connectivity index (χ3v) is 9.37. The van der Waals surface area contributed by atoms with Crippen LogP contribution in [0.25, 0.3) is 21.9 Å². The van der Waals surface area contributed by atoms with Crippen LogP contribution in [-0.2, 0) is 35.5 Å². The number of aryl methyl sites for hydroxylation is 1. The lowest BCUT2D eigenvalue weighted by atomic mass is 9.70. The molecule has 0 saturated heterocycles. The number of allylic oxidation sites excluding steroid dienone is 2. The van der Waals surface area contributed by atoms with Gasteiger partial charge in [-0.15, -0.1) is 5.10 Å². The van der Waals surface area contributed by atoms with E-state index < -0.39 is 17.8 Å². The summed E-state index contributed by atoms with van der Waals surface area (Å²) < 4.78 is 38.7. The summed E-state index contributed by atoms with van der Waals surface area (Å²) in [5.74, 6) is -2.13. The Kier molecular flexibility index (Phi) is 10.5. The summed E-state index contributed by atoms with van der Waals surface area (Å²) in [6.07, 6.45) is 5.35. The number of rotatable bonds is 9. The summed E-state index contributed by atoms with van der Waals surface area (Å²) in [5, 5.41) is 30.3. The number of phenolic OH excluding ortho intramolecular Hbond substituents is 1. The van der Waals surface area contributed by atoms with Gasteiger partial charge in [-0.1, -0.05) is 28.5 Å². The van der Waals surface area contributed by atoms with Gasteiger partial charge >= 0.3 is 17.8 Å². The van der Waals surface area contributed by atoms with Crippen LogP contribution in [0, 0.1) is 5.92 Å². The number of carbonyl (C=O) groups excluding carboxylic acids is 1. The van der Waals surface area contributed by atoms with Crippen molar-refractivity contribution in [2.75, 3.05) is 5.73 Å². The van der Waals surface area contributed by atoms with Crippen LogP contribution in [0.1, 0.15) is 60.5 Å². The maximum Gasteiger partial charge on any atom is 0.490 e. The highest BCUT2D eigenvalue weighted by Crippen LogP contribution is 2.47. The fourth-order valence-corrected chi connectivity index (χ4v) is 7.08. The number of nitrogen functional groups attached to an aromatic ring is 1. The number of aromatic hydroxyl groups is 1. The van der Waals surface area contributed by atoms with Gasteiger partial charge in [0.2, 0.25) is 5.91 Å². The van der Waals surface area contributed by atoms with Gasteiger partial charge in [0.15, 0.2) is 0 Å². The van der Waals surface area contributed by atoms with Crippen molar-refractivity contribution >= 4 is 51.0 Å². The highest BCUT2D eigenvalue weighted by atomic mass is 35.5. The number of phenols is 1. The lowest BCUT2D eigenvalue weighted by Gasteiger charge is -2.36. The molecule has 2 unspecified atom stereocenters. The van der Waals surface area contributed by atoms with Crippen LogP contribution in [0.2, 0.25) is 5.02 Å². The molecule has 272 valence electrons. The molecule has 1 amide bonds. The zero-order chi connectivity index (χ0) is 37.2. The van der Waals surface area contributed by atoms with Gasteiger partial charge in [-0.3, -0.25) is 14.5 Å². The predicted molar refractivity (Wildman–Crippen MR) is 186 cm³/mol. The summed E-state index contributed by atoms with van der Waals surface area (Å²) in [6, 6.07) is 11.5. The first-order valence-electron chi connectivity index (χ1n) is 16.5. The number of aliphatic carboxylic acids is 1. The average molecular weight is 739 g/mol. The third kappa shape index (κ3) is 8.53. The predicted octanol–water partition coefficient (Wildman–Crippen LogP) is 6.21. The molecule has 5 N–H and O–H groups in total. The summed E-state index contributed by atoms with van der Waals surface area (Å²) in [7, 11) is 0. The SMILES string of the molecule is Nc1c2c(nc3cc(Cl)ccc13)CC1C=C(CCCCn3cc(CNC(=O)Cc4cc(=O)oc5cc(O)ccc45)nn3)CC2C1.O=C(O)C(F)(F)F. The number of benzene rings is 2. The monoisotopic (exact) mass is 738 g/mol. The second-order valence-corrected chi connectivity index (χ2v) is 13.4. The van der Waals surface area contributed by atoms with Crippen LogP contribution >= 0.6 is 11.6 Å². The normalized spacial score (nSPS) is 16.5. The number of nitrogens with two attached hydrogens (primary N) is 1.